The molecule has 11 nitrogen and oxygen atoms in total. The van der Waals surface area contributed by atoms with Crippen LogP contribution in [0.25, 0.3) is 0 Å². The Kier molecular flexibility index (Phi) is 26.9. The Labute approximate surface area is 191 Å². The van der Waals surface area contributed by atoms with Gasteiger partial charge in [-0.2, -0.15) is 0 Å². The molecule has 0 saturated carbocycles. The van der Waals surface area contributed by atoms with E-state index in [-0.39, 0.29) is 12.5 Å². The van der Waals surface area contributed by atoms with Crippen LogP contribution in [0.1, 0.15) is 0 Å². The average Bonchev–Trinajstić information content (AvgIpc) is 2.81. The van der Waals surface area contributed by atoms with E-state index < -0.39 is 0 Å². The third kappa shape index (κ3) is 26.9. The van der Waals surface area contributed by atoms with Gasteiger partial charge in [-0.25, -0.2) is 0 Å². The first-order chi connectivity index (χ1) is 15.8. The summed E-state index contributed by atoms with van der Waals surface area (Å²) in [4.78, 5) is 10.9. The topological polar surface area (TPSA) is 123 Å². The van der Waals surface area contributed by atoms with Gasteiger partial charge in [-0.3, -0.25) is 4.79 Å². The lowest BCUT2D eigenvalue weighted by Crippen LogP contribution is -2.25. The Morgan fingerprint density at radius 2 is 0.844 bits per heavy atom. The minimum absolute atomic E-state index is 0.0252. The number of hydrogen-bond acceptors (Lipinski definition) is 10. The number of amides is 1. The zero-order valence-corrected chi connectivity index (χ0v) is 19.1. The minimum Gasteiger partial charge on any atom is -0.394 e. The first-order valence-electron chi connectivity index (χ1n) is 10.9. The molecule has 190 valence electrons. The molecule has 0 saturated heterocycles. The summed E-state index contributed by atoms with van der Waals surface area (Å²) >= 11 is 0. The second kappa shape index (κ2) is 27.9. The van der Waals surface area contributed by atoms with Gasteiger partial charge in [0.15, 0.2) is 0 Å². The summed E-state index contributed by atoms with van der Waals surface area (Å²) < 4.78 is 42.6. The quantitative estimate of drug-likeness (QED) is 0.120. The summed E-state index contributed by atoms with van der Waals surface area (Å²) in [7, 11) is 0. The van der Waals surface area contributed by atoms with E-state index in [1.807, 2.05) is 0 Å². The number of carbonyl (C=O) groups excluding carboxylic acids is 1. The van der Waals surface area contributed by atoms with Crippen molar-refractivity contribution < 1.29 is 47.8 Å². The molecule has 1 amide bonds. The number of rotatable bonds is 27. The molecule has 0 aliphatic carbocycles. The zero-order chi connectivity index (χ0) is 23.4. The van der Waals surface area contributed by atoms with Crippen molar-refractivity contribution in [3.63, 3.8) is 0 Å². The second-order valence-electron chi connectivity index (χ2n) is 6.12. The van der Waals surface area contributed by atoms with Crippen molar-refractivity contribution in [2.24, 2.45) is 0 Å². The van der Waals surface area contributed by atoms with Gasteiger partial charge in [-0.1, -0.05) is 6.58 Å². The maximum absolute atomic E-state index is 10.9. The van der Waals surface area contributed by atoms with Crippen molar-refractivity contribution in [1.29, 1.82) is 0 Å². The number of aliphatic hydroxyl groups is 1. The van der Waals surface area contributed by atoms with Crippen LogP contribution in [0.3, 0.4) is 0 Å². The van der Waals surface area contributed by atoms with E-state index in [4.69, 9.17) is 43.0 Å². The van der Waals surface area contributed by atoms with Crippen LogP contribution in [0.5, 0.6) is 0 Å². The van der Waals surface area contributed by atoms with Crippen molar-refractivity contribution in [3.8, 4) is 0 Å². The predicted molar refractivity (Wildman–Crippen MR) is 117 cm³/mol. The van der Waals surface area contributed by atoms with Crippen LogP contribution >= 0.6 is 0 Å². The van der Waals surface area contributed by atoms with E-state index in [2.05, 4.69) is 11.9 Å². The van der Waals surface area contributed by atoms with Crippen LogP contribution < -0.4 is 5.32 Å². The van der Waals surface area contributed by atoms with Crippen molar-refractivity contribution in [3.05, 3.63) is 12.7 Å². The van der Waals surface area contributed by atoms with Crippen molar-refractivity contribution in [1.82, 2.24) is 5.32 Å². The molecule has 0 aromatic heterocycles. The fraction of sp³-hybridized carbons (Fsp3) is 0.857. The Morgan fingerprint density at radius 1 is 0.562 bits per heavy atom. The molecule has 2 N–H and O–H groups in total. The van der Waals surface area contributed by atoms with Gasteiger partial charge in [0.2, 0.25) is 5.91 Å². The highest BCUT2D eigenvalue weighted by Gasteiger charge is 1.96. The van der Waals surface area contributed by atoms with Crippen LogP contribution in [-0.4, -0.2) is 130 Å². The Hall–Kier alpha value is -1.15. The van der Waals surface area contributed by atoms with Gasteiger partial charge in [0, 0.05) is 6.54 Å². The highest BCUT2D eigenvalue weighted by atomic mass is 16.6. The molecular weight excluding hydrogens is 426 g/mol. The molecule has 0 fully saturated rings. The van der Waals surface area contributed by atoms with Gasteiger partial charge < -0.3 is 48.3 Å². The zero-order valence-electron chi connectivity index (χ0n) is 19.1. The standard InChI is InChI=1S/C21H41NO10/c1-2-21(24)22-3-5-25-7-9-27-11-13-29-15-17-31-19-20-32-18-16-30-14-12-28-10-8-26-6-4-23/h2,23H,1,3-20H2,(H,22,24). The smallest absolute Gasteiger partial charge is 0.243 e. The van der Waals surface area contributed by atoms with Gasteiger partial charge in [-0.05, 0) is 6.08 Å². The molecular formula is C21H41NO10. The van der Waals surface area contributed by atoms with E-state index in [0.29, 0.717) is 112 Å². The first kappa shape index (κ1) is 30.9. The normalized spacial score (nSPS) is 11.0. The molecule has 0 aromatic carbocycles. The summed E-state index contributed by atoms with van der Waals surface area (Å²) in [5.74, 6) is -0.208. The number of nitrogens with one attached hydrogen (secondary N) is 1. The van der Waals surface area contributed by atoms with E-state index in [9.17, 15) is 4.79 Å². The van der Waals surface area contributed by atoms with Gasteiger partial charge in [0.25, 0.3) is 0 Å². The molecule has 0 aliphatic rings. The summed E-state index contributed by atoms with van der Waals surface area (Å²) in [5, 5.41) is 11.2. The van der Waals surface area contributed by atoms with Crippen LogP contribution in [0.15, 0.2) is 12.7 Å². The maximum atomic E-state index is 10.9. The molecule has 0 bridgehead atoms. The van der Waals surface area contributed by atoms with Gasteiger partial charge in [-0.15, -0.1) is 0 Å². The van der Waals surface area contributed by atoms with E-state index in [1.54, 1.807) is 0 Å². The molecule has 11 heteroatoms. The van der Waals surface area contributed by atoms with E-state index in [1.165, 1.54) is 6.08 Å². The number of carbonyl (C=O) groups is 1. The Balaban J connectivity index is 3.02. The van der Waals surface area contributed by atoms with Crippen molar-refractivity contribution in [2.45, 2.75) is 0 Å². The molecule has 0 aliphatic heterocycles. The lowest BCUT2D eigenvalue weighted by atomic mass is 10.5. The number of hydrogen-bond donors (Lipinski definition) is 2. The fourth-order valence-electron chi connectivity index (χ4n) is 2.02. The highest BCUT2D eigenvalue weighted by Crippen LogP contribution is 1.85. The lowest BCUT2D eigenvalue weighted by Gasteiger charge is -2.08. The van der Waals surface area contributed by atoms with Crippen LogP contribution in [0, 0.1) is 0 Å². The number of ether oxygens (including phenoxy) is 8. The molecule has 0 spiro atoms. The SMILES string of the molecule is C=CC(=O)NCCOCCOCCOCCOCCOCCOCCOCCOCCO. The Morgan fingerprint density at radius 3 is 1.12 bits per heavy atom. The molecule has 0 radical (unpaired) electrons. The molecule has 32 heavy (non-hydrogen) atoms. The van der Waals surface area contributed by atoms with Crippen molar-refractivity contribution >= 4 is 5.91 Å². The first-order valence-corrected chi connectivity index (χ1v) is 10.9. The molecule has 0 heterocycles. The largest absolute Gasteiger partial charge is 0.394 e. The average molecular weight is 468 g/mol. The predicted octanol–water partition coefficient (Wildman–Crippen LogP) is -0.586. The summed E-state index contributed by atoms with van der Waals surface area (Å²) in [6.07, 6.45) is 1.22. The monoisotopic (exact) mass is 467 g/mol. The van der Waals surface area contributed by atoms with Gasteiger partial charge in [0.05, 0.1) is 112 Å². The fourth-order valence-corrected chi connectivity index (χ4v) is 2.02. The minimum atomic E-state index is -0.208. The van der Waals surface area contributed by atoms with E-state index >= 15 is 0 Å². The van der Waals surface area contributed by atoms with Crippen LogP contribution in [0.2, 0.25) is 0 Å². The lowest BCUT2D eigenvalue weighted by molar-refractivity contribution is -0.116. The second-order valence-corrected chi connectivity index (χ2v) is 6.12. The van der Waals surface area contributed by atoms with Gasteiger partial charge >= 0.3 is 0 Å². The van der Waals surface area contributed by atoms with Crippen molar-refractivity contribution in [2.75, 3.05) is 119 Å². The number of aliphatic hydroxyl groups excluding tert-OH is 1. The molecule has 0 atom stereocenters. The third-order valence-corrected chi connectivity index (χ3v) is 3.57. The molecule has 0 unspecified atom stereocenters. The highest BCUT2D eigenvalue weighted by molar-refractivity contribution is 5.86. The van der Waals surface area contributed by atoms with Gasteiger partial charge in [0.1, 0.15) is 0 Å². The third-order valence-electron chi connectivity index (χ3n) is 3.57. The van der Waals surface area contributed by atoms with Crippen LogP contribution in [0.4, 0.5) is 0 Å². The summed E-state index contributed by atoms with van der Waals surface area (Å²) in [6, 6.07) is 0. The molecule has 0 aromatic rings. The maximum Gasteiger partial charge on any atom is 0.243 e. The summed E-state index contributed by atoms with van der Waals surface area (Å²) in [6.45, 7) is 11.5. The summed E-state index contributed by atoms with van der Waals surface area (Å²) in [5.41, 5.74) is 0. The Bertz CT molecular complexity index is 401. The molecule has 0 rings (SSSR count). The van der Waals surface area contributed by atoms with E-state index in [0.717, 1.165) is 0 Å². The van der Waals surface area contributed by atoms with Crippen LogP contribution in [-0.2, 0) is 42.7 Å².